The van der Waals surface area contributed by atoms with Gasteiger partial charge in [-0.2, -0.15) is 0 Å². The van der Waals surface area contributed by atoms with Crippen molar-refractivity contribution in [2.75, 3.05) is 12.3 Å². The normalized spacial score (nSPS) is 26.8. The van der Waals surface area contributed by atoms with Gasteiger partial charge in [-0.15, -0.1) is 0 Å². The fourth-order valence-corrected chi connectivity index (χ4v) is 2.52. The highest BCUT2D eigenvalue weighted by Crippen LogP contribution is 2.15. The van der Waals surface area contributed by atoms with Gasteiger partial charge in [-0.3, -0.25) is 4.21 Å². The van der Waals surface area contributed by atoms with Crippen LogP contribution in [0.2, 0.25) is 0 Å². The van der Waals surface area contributed by atoms with Gasteiger partial charge in [0.25, 0.3) is 0 Å². The highest BCUT2D eigenvalue weighted by molar-refractivity contribution is 7.85. The Hall–Kier alpha value is -0.150. The summed E-state index contributed by atoms with van der Waals surface area (Å²) in [5, 5.41) is 0.285. The molecule has 0 fully saturated rings. The number of allylic oxidation sites excluding steroid dienone is 1. The first-order valence-electron chi connectivity index (χ1n) is 4.08. The molecule has 64 valence electrons. The third kappa shape index (κ3) is 2.75. The minimum atomic E-state index is -0.718. The molecule has 0 aromatic rings. The predicted molar refractivity (Wildman–Crippen MR) is 48.8 cm³/mol. The second-order valence-corrected chi connectivity index (χ2v) is 4.55. The molecule has 0 spiro atoms. The van der Waals surface area contributed by atoms with Gasteiger partial charge in [-0.05, 0) is 19.3 Å². The Balaban J connectivity index is 2.39. The van der Waals surface area contributed by atoms with Crippen molar-refractivity contribution >= 4 is 10.8 Å². The van der Waals surface area contributed by atoms with Crippen LogP contribution < -0.4 is 5.73 Å². The van der Waals surface area contributed by atoms with E-state index in [0.29, 0.717) is 12.3 Å². The summed E-state index contributed by atoms with van der Waals surface area (Å²) in [6, 6.07) is 0. The second-order valence-electron chi connectivity index (χ2n) is 2.77. The number of rotatable bonds is 3. The van der Waals surface area contributed by atoms with Crippen LogP contribution in [-0.2, 0) is 10.8 Å². The summed E-state index contributed by atoms with van der Waals surface area (Å²) in [7, 11) is -0.718. The van der Waals surface area contributed by atoms with E-state index in [1.54, 1.807) is 0 Å². The number of hydrogen-bond acceptors (Lipinski definition) is 2. The molecule has 0 amide bonds. The molecule has 0 aliphatic heterocycles. The molecule has 1 aliphatic carbocycles. The van der Waals surface area contributed by atoms with Crippen LogP contribution in [0.4, 0.5) is 0 Å². The van der Waals surface area contributed by atoms with Gasteiger partial charge >= 0.3 is 0 Å². The number of nitrogens with two attached hydrogens (primary N) is 1. The maximum atomic E-state index is 11.4. The van der Waals surface area contributed by atoms with E-state index >= 15 is 0 Å². The van der Waals surface area contributed by atoms with E-state index in [-0.39, 0.29) is 5.25 Å². The number of hydrogen-bond donors (Lipinski definition) is 1. The monoisotopic (exact) mass is 173 g/mol. The Bertz CT molecular complexity index is 167. The Kier molecular flexibility index (Phi) is 3.80. The standard InChI is InChI=1S/C8H15NOS/c9-6-7-11(10)8-4-2-1-3-5-8/h2,4,8H,1,3,5-7,9H2. The van der Waals surface area contributed by atoms with Crippen molar-refractivity contribution in [1.29, 1.82) is 0 Å². The topological polar surface area (TPSA) is 43.1 Å². The smallest absolute Gasteiger partial charge is 0.0528 e. The fraction of sp³-hybridized carbons (Fsp3) is 0.750. The van der Waals surface area contributed by atoms with Crippen molar-refractivity contribution in [3.8, 4) is 0 Å². The van der Waals surface area contributed by atoms with E-state index in [9.17, 15) is 4.21 Å². The van der Waals surface area contributed by atoms with Gasteiger partial charge in [0, 0.05) is 23.1 Å². The molecule has 0 aromatic carbocycles. The van der Waals surface area contributed by atoms with Crippen LogP contribution in [0.15, 0.2) is 12.2 Å². The Morgan fingerprint density at radius 2 is 2.45 bits per heavy atom. The summed E-state index contributed by atoms with van der Waals surface area (Å²) in [4.78, 5) is 0. The van der Waals surface area contributed by atoms with Crippen molar-refractivity contribution in [2.24, 2.45) is 5.73 Å². The molecule has 1 aliphatic rings. The first kappa shape index (κ1) is 8.94. The highest BCUT2D eigenvalue weighted by atomic mass is 32.2. The van der Waals surface area contributed by atoms with Crippen molar-refractivity contribution in [1.82, 2.24) is 0 Å². The third-order valence-corrected chi connectivity index (χ3v) is 3.57. The quantitative estimate of drug-likeness (QED) is 0.642. The zero-order valence-electron chi connectivity index (χ0n) is 6.66. The summed E-state index contributed by atoms with van der Waals surface area (Å²) in [5.41, 5.74) is 5.32. The molecule has 2 N–H and O–H groups in total. The van der Waals surface area contributed by atoms with E-state index in [0.717, 1.165) is 12.8 Å². The molecule has 0 radical (unpaired) electrons. The van der Waals surface area contributed by atoms with Crippen LogP contribution in [-0.4, -0.2) is 21.8 Å². The van der Waals surface area contributed by atoms with Gasteiger partial charge in [0.15, 0.2) is 0 Å². The summed E-state index contributed by atoms with van der Waals surface area (Å²) < 4.78 is 11.4. The van der Waals surface area contributed by atoms with E-state index in [1.807, 2.05) is 0 Å². The molecule has 2 unspecified atom stereocenters. The van der Waals surface area contributed by atoms with Crippen molar-refractivity contribution in [2.45, 2.75) is 24.5 Å². The molecule has 1 rings (SSSR count). The Morgan fingerprint density at radius 1 is 1.64 bits per heavy atom. The van der Waals surface area contributed by atoms with Gasteiger partial charge in [0.05, 0.1) is 5.25 Å². The summed E-state index contributed by atoms with van der Waals surface area (Å²) in [6.45, 7) is 0.539. The molecule has 2 atom stereocenters. The van der Waals surface area contributed by atoms with Crippen molar-refractivity contribution in [3.05, 3.63) is 12.2 Å². The maximum absolute atomic E-state index is 11.4. The molecule has 0 saturated carbocycles. The van der Waals surface area contributed by atoms with Crippen LogP contribution in [0, 0.1) is 0 Å². The lowest BCUT2D eigenvalue weighted by Crippen LogP contribution is -2.21. The summed E-state index contributed by atoms with van der Waals surface area (Å²) >= 11 is 0. The first-order chi connectivity index (χ1) is 5.34. The van der Waals surface area contributed by atoms with Gasteiger partial charge in [0.1, 0.15) is 0 Å². The van der Waals surface area contributed by atoms with Crippen molar-refractivity contribution in [3.63, 3.8) is 0 Å². The van der Waals surface area contributed by atoms with E-state index in [1.165, 1.54) is 6.42 Å². The van der Waals surface area contributed by atoms with Crippen LogP contribution in [0.5, 0.6) is 0 Å². The minimum absolute atomic E-state index is 0.285. The summed E-state index contributed by atoms with van der Waals surface area (Å²) in [5.74, 6) is 0.648. The minimum Gasteiger partial charge on any atom is -0.330 e. The van der Waals surface area contributed by atoms with Gasteiger partial charge < -0.3 is 5.73 Å². The molecule has 2 nitrogen and oxygen atoms in total. The summed E-state index contributed by atoms with van der Waals surface area (Å²) in [6.07, 6.45) is 7.61. The third-order valence-electron chi connectivity index (χ3n) is 1.87. The molecular weight excluding hydrogens is 158 g/mol. The largest absolute Gasteiger partial charge is 0.330 e. The van der Waals surface area contributed by atoms with Crippen LogP contribution in [0.25, 0.3) is 0 Å². The average molecular weight is 173 g/mol. The molecule has 0 heterocycles. The Morgan fingerprint density at radius 3 is 3.00 bits per heavy atom. The lowest BCUT2D eigenvalue weighted by molar-refractivity contribution is 0.659. The van der Waals surface area contributed by atoms with E-state index in [4.69, 9.17) is 5.73 Å². The fourth-order valence-electron chi connectivity index (χ4n) is 1.27. The van der Waals surface area contributed by atoms with E-state index < -0.39 is 10.8 Å². The Labute approximate surface area is 70.3 Å². The zero-order valence-corrected chi connectivity index (χ0v) is 7.48. The van der Waals surface area contributed by atoms with Crippen molar-refractivity contribution < 1.29 is 4.21 Å². The predicted octanol–water partition coefficient (Wildman–Crippen LogP) is 0.802. The van der Waals surface area contributed by atoms with Gasteiger partial charge in [-0.25, -0.2) is 0 Å². The van der Waals surface area contributed by atoms with Gasteiger partial charge in [0.2, 0.25) is 0 Å². The maximum Gasteiger partial charge on any atom is 0.0528 e. The second kappa shape index (κ2) is 4.67. The lowest BCUT2D eigenvalue weighted by Gasteiger charge is -2.14. The SMILES string of the molecule is NCCS(=O)C1C=CCCC1. The lowest BCUT2D eigenvalue weighted by atomic mass is 10.1. The van der Waals surface area contributed by atoms with Crippen LogP contribution in [0.3, 0.4) is 0 Å². The average Bonchev–Trinajstić information content (AvgIpc) is 2.07. The highest BCUT2D eigenvalue weighted by Gasteiger charge is 2.14. The zero-order chi connectivity index (χ0) is 8.10. The first-order valence-corrected chi connectivity index (χ1v) is 5.46. The molecule has 0 saturated heterocycles. The molecule has 0 bridgehead atoms. The molecule has 0 aromatic heterocycles. The van der Waals surface area contributed by atoms with Gasteiger partial charge in [-0.1, -0.05) is 12.2 Å². The van der Waals surface area contributed by atoms with E-state index in [2.05, 4.69) is 12.2 Å². The molecular formula is C8H15NOS. The molecule has 11 heavy (non-hydrogen) atoms. The molecule has 3 heteroatoms. The van der Waals surface area contributed by atoms with Crippen LogP contribution in [0.1, 0.15) is 19.3 Å². The van der Waals surface area contributed by atoms with Crippen LogP contribution >= 0.6 is 0 Å².